The number of thiazole rings is 1. The number of hydrogen-bond acceptors (Lipinski definition) is 7. The highest BCUT2D eigenvalue weighted by Crippen LogP contribution is 2.23. The molecule has 0 atom stereocenters. The lowest BCUT2D eigenvalue weighted by molar-refractivity contribution is -0.141. The first-order valence-corrected chi connectivity index (χ1v) is 12.6. The fourth-order valence-electron chi connectivity index (χ4n) is 3.05. The number of methoxy groups -OCH3 is 1. The van der Waals surface area contributed by atoms with Gasteiger partial charge in [0.25, 0.3) is 0 Å². The molecule has 32 heavy (non-hydrogen) atoms. The van der Waals surface area contributed by atoms with Crippen molar-refractivity contribution in [3.63, 3.8) is 0 Å². The fourth-order valence-corrected chi connectivity index (χ4v) is 5.45. The molecule has 1 aromatic heterocycles. The molecular formula is C22H24N2O6S2. The summed E-state index contributed by atoms with van der Waals surface area (Å²) in [5.41, 5.74) is 1.37. The van der Waals surface area contributed by atoms with Gasteiger partial charge in [-0.2, -0.15) is 4.99 Å². The fraction of sp³-hybridized carbons (Fsp3) is 0.318. The van der Waals surface area contributed by atoms with E-state index in [2.05, 4.69) is 4.99 Å². The Bertz CT molecular complexity index is 1280. The molecule has 0 saturated carbocycles. The number of esters is 1. The highest BCUT2D eigenvalue weighted by molar-refractivity contribution is 7.90. The molecule has 1 amide bonds. The topological polar surface area (TPSA) is 104 Å². The maximum atomic E-state index is 12.5. The number of sulfone groups is 1. The van der Waals surface area contributed by atoms with Crippen molar-refractivity contribution >= 4 is 43.3 Å². The molecule has 0 radical (unpaired) electrons. The van der Waals surface area contributed by atoms with Crippen molar-refractivity contribution in [3.05, 3.63) is 58.9 Å². The lowest BCUT2D eigenvalue weighted by Crippen LogP contribution is -2.23. The standard InChI is InChI=1S/C22H24N2O6S2/c1-3-30-17-9-10-18-19(13-17)31-22(24(18)14-21(26)29-2)23-20(25)11-12-32(27,28)15-16-7-5-4-6-8-16/h4-10,13H,3,11-12,14-15H2,1-2H3. The summed E-state index contributed by atoms with van der Waals surface area (Å²) in [6.45, 7) is 2.26. The minimum atomic E-state index is -3.47. The van der Waals surface area contributed by atoms with Crippen LogP contribution in [0.4, 0.5) is 0 Å². The molecule has 2 aromatic carbocycles. The van der Waals surface area contributed by atoms with Gasteiger partial charge >= 0.3 is 5.97 Å². The third kappa shape index (κ3) is 6.27. The Balaban J connectivity index is 1.84. The Kier molecular flexibility index (Phi) is 7.81. The molecule has 10 heteroatoms. The smallest absolute Gasteiger partial charge is 0.325 e. The molecule has 0 N–H and O–H groups in total. The molecule has 1 heterocycles. The molecule has 0 aliphatic rings. The molecule has 0 unspecified atom stereocenters. The summed E-state index contributed by atoms with van der Waals surface area (Å²) < 4.78 is 37.4. The van der Waals surface area contributed by atoms with E-state index in [0.717, 1.165) is 4.70 Å². The second-order valence-electron chi connectivity index (χ2n) is 6.94. The monoisotopic (exact) mass is 476 g/mol. The van der Waals surface area contributed by atoms with Gasteiger partial charge in [-0.15, -0.1) is 0 Å². The minimum Gasteiger partial charge on any atom is -0.494 e. The third-order valence-corrected chi connectivity index (χ3v) is 7.20. The third-order valence-electron chi connectivity index (χ3n) is 4.56. The van der Waals surface area contributed by atoms with Crippen LogP contribution in [0.15, 0.2) is 53.5 Å². The van der Waals surface area contributed by atoms with E-state index in [1.807, 2.05) is 19.1 Å². The maximum absolute atomic E-state index is 12.5. The maximum Gasteiger partial charge on any atom is 0.325 e. The second-order valence-corrected chi connectivity index (χ2v) is 10.1. The molecule has 0 spiro atoms. The van der Waals surface area contributed by atoms with Crippen molar-refractivity contribution in [1.29, 1.82) is 0 Å². The van der Waals surface area contributed by atoms with Crippen LogP contribution in [0.5, 0.6) is 5.75 Å². The molecule has 170 valence electrons. The molecule has 0 bridgehead atoms. The predicted molar refractivity (Wildman–Crippen MR) is 122 cm³/mol. The summed E-state index contributed by atoms with van der Waals surface area (Å²) in [5, 5.41) is 0. The molecule has 3 rings (SSSR count). The molecule has 0 aliphatic carbocycles. The van der Waals surface area contributed by atoms with E-state index < -0.39 is 21.7 Å². The summed E-state index contributed by atoms with van der Waals surface area (Å²) in [6, 6.07) is 14.2. The van der Waals surface area contributed by atoms with Crippen molar-refractivity contribution in [2.45, 2.75) is 25.6 Å². The summed E-state index contributed by atoms with van der Waals surface area (Å²) >= 11 is 1.22. The SMILES string of the molecule is CCOc1ccc2c(c1)sc(=NC(=O)CCS(=O)(=O)Cc1ccccc1)n2CC(=O)OC. The Hall–Kier alpha value is -2.98. The van der Waals surface area contributed by atoms with Crippen molar-refractivity contribution < 1.29 is 27.5 Å². The van der Waals surface area contributed by atoms with Gasteiger partial charge in [0.15, 0.2) is 14.6 Å². The minimum absolute atomic E-state index is 0.122. The van der Waals surface area contributed by atoms with Gasteiger partial charge in [-0.25, -0.2) is 8.42 Å². The molecule has 8 nitrogen and oxygen atoms in total. The average molecular weight is 477 g/mol. The van der Waals surface area contributed by atoms with E-state index in [0.29, 0.717) is 28.2 Å². The Morgan fingerprint density at radius 1 is 1.12 bits per heavy atom. The molecule has 0 fully saturated rings. The number of amides is 1. The van der Waals surface area contributed by atoms with Gasteiger partial charge in [0.05, 0.1) is 35.4 Å². The normalized spacial score (nSPS) is 12.1. The second kappa shape index (κ2) is 10.6. The van der Waals surface area contributed by atoms with Gasteiger partial charge in [0.2, 0.25) is 5.91 Å². The van der Waals surface area contributed by atoms with Crippen LogP contribution in [-0.4, -0.2) is 44.3 Å². The number of rotatable bonds is 9. The number of carbonyl (C=O) groups is 2. The number of fused-ring (bicyclic) bond motifs is 1. The zero-order valence-corrected chi connectivity index (χ0v) is 19.4. The first-order chi connectivity index (χ1) is 15.3. The zero-order valence-electron chi connectivity index (χ0n) is 17.8. The van der Waals surface area contributed by atoms with Crippen molar-refractivity contribution in [1.82, 2.24) is 4.57 Å². The van der Waals surface area contributed by atoms with Crippen LogP contribution in [0.3, 0.4) is 0 Å². The van der Waals surface area contributed by atoms with Gasteiger partial charge < -0.3 is 14.0 Å². The highest BCUT2D eigenvalue weighted by atomic mass is 32.2. The van der Waals surface area contributed by atoms with Crippen LogP contribution in [0.25, 0.3) is 10.2 Å². The van der Waals surface area contributed by atoms with Crippen molar-refractivity contribution in [2.24, 2.45) is 4.99 Å². The van der Waals surface area contributed by atoms with Crippen LogP contribution in [0.1, 0.15) is 18.9 Å². The van der Waals surface area contributed by atoms with Crippen LogP contribution in [-0.2, 0) is 36.5 Å². The van der Waals surface area contributed by atoms with E-state index in [-0.39, 0.29) is 24.5 Å². The summed E-state index contributed by atoms with van der Waals surface area (Å²) in [7, 11) is -2.18. The van der Waals surface area contributed by atoms with Crippen LogP contribution < -0.4 is 9.54 Å². The quantitative estimate of drug-likeness (QED) is 0.440. The first kappa shape index (κ1) is 23.7. The Morgan fingerprint density at radius 3 is 2.56 bits per heavy atom. The molecule has 0 aliphatic heterocycles. The van der Waals surface area contributed by atoms with E-state index in [1.54, 1.807) is 41.0 Å². The number of ether oxygens (including phenoxy) is 2. The van der Waals surface area contributed by atoms with Gasteiger partial charge in [-0.3, -0.25) is 9.59 Å². The van der Waals surface area contributed by atoms with Crippen molar-refractivity contribution in [3.8, 4) is 5.75 Å². The number of hydrogen-bond donors (Lipinski definition) is 0. The molecule has 3 aromatic rings. The van der Waals surface area contributed by atoms with E-state index >= 15 is 0 Å². The number of aromatic nitrogens is 1. The summed E-state index contributed by atoms with van der Waals surface area (Å²) in [4.78, 5) is 28.8. The zero-order chi connectivity index (χ0) is 23.1. The molecule has 0 saturated heterocycles. The highest BCUT2D eigenvalue weighted by Gasteiger charge is 2.16. The summed E-state index contributed by atoms with van der Waals surface area (Å²) in [5.74, 6) is -0.834. The van der Waals surface area contributed by atoms with Gasteiger partial charge in [0.1, 0.15) is 12.3 Å². The van der Waals surface area contributed by atoms with Crippen LogP contribution >= 0.6 is 11.3 Å². The van der Waals surface area contributed by atoms with E-state index in [9.17, 15) is 18.0 Å². The lowest BCUT2D eigenvalue weighted by atomic mass is 10.2. The Morgan fingerprint density at radius 2 is 1.88 bits per heavy atom. The number of nitrogens with zero attached hydrogens (tertiary/aromatic N) is 2. The molecular weight excluding hydrogens is 452 g/mol. The first-order valence-electron chi connectivity index (χ1n) is 9.96. The van der Waals surface area contributed by atoms with Crippen LogP contribution in [0, 0.1) is 0 Å². The van der Waals surface area contributed by atoms with Gasteiger partial charge in [0, 0.05) is 6.42 Å². The lowest BCUT2D eigenvalue weighted by Gasteiger charge is -2.05. The largest absolute Gasteiger partial charge is 0.494 e. The number of benzene rings is 2. The average Bonchev–Trinajstić information content (AvgIpc) is 3.09. The van der Waals surface area contributed by atoms with Gasteiger partial charge in [-0.1, -0.05) is 41.7 Å². The number of carbonyl (C=O) groups excluding carboxylic acids is 2. The Labute approximate surface area is 190 Å². The summed E-state index contributed by atoms with van der Waals surface area (Å²) in [6.07, 6.45) is -0.244. The van der Waals surface area contributed by atoms with Gasteiger partial charge in [-0.05, 0) is 30.7 Å². The van der Waals surface area contributed by atoms with E-state index in [4.69, 9.17) is 9.47 Å². The van der Waals surface area contributed by atoms with E-state index in [1.165, 1.54) is 18.4 Å². The van der Waals surface area contributed by atoms with Crippen molar-refractivity contribution in [2.75, 3.05) is 19.5 Å². The van der Waals surface area contributed by atoms with Crippen LogP contribution in [0.2, 0.25) is 0 Å². The predicted octanol–water partition coefficient (Wildman–Crippen LogP) is 2.71.